The van der Waals surface area contributed by atoms with Gasteiger partial charge in [0.2, 0.25) is 5.82 Å². The van der Waals surface area contributed by atoms with Crippen molar-refractivity contribution in [3.63, 3.8) is 0 Å². The number of carbonyl (C=O) groups is 1. The first-order chi connectivity index (χ1) is 16.2. The van der Waals surface area contributed by atoms with E-state index in [1.807, 2.05) is 11.0 Å². The van der Waals surface area contributed by atoms with E-state index in [9.17, 15) is 23.1 Å². The van der Waals surface area contributed by atoms with Crippen LogP contribution in [-0.2, 0) is 17.4 Å². The number of rotatable bonds is 5. The fourth-order valence-corrected chi connectivity index (χ4v) is 5.46. The number of halogens is 3. The van der Waals surface area contributed by atoms with Gasteiger partial charge in [-0.1, -0.05) is 19.1 Å². The normalized spacial score (nSPS) is 21.5. The van der Waals surface area contributed by atoms with Crippen molar-refractivity contribution >= 4 is 11.8 Å². The molecule has 0 bridgehead atoms. The zero-order valence-electron chi connectivity index (χ0n) is 19.0. The molecule has 182 valence electrons. The smallest absolute Gasteiger partial charge is 0.451 e. The van der Waals surface area contributed by atoms with Crippen LogP contribution in [0, 0.1) is 11.8 Å². The van der Waals surface area contributed by atoms with Crippen LogP contribution >= 0.6 is 0 Å². The Morgan fingerprint density at radius 2 is 1.94 bits per heavy atom. The molecule has 1 unspecified atom stereocenters. The topological polar surface area (TPSA) is 75.6 Å². The van der Waals surface area contributed by atoms with E-state index in [0.29, 0.717) is 31.8 Å². The molecule has 2 aliphatic heterocycles. The van der Waals surface area contributed by atoms with Gasteiger partial charge in [-0.15, -0.1) is 0 Å². The second-order valence-corrected chi connectivity index (χ2v) is 9.87. The lowest BCUT2D eigenvalue weighted by Crippen LogP contribution is -2.50. The number of piperidine rings is 1. The van der Waals surface area contributed by atoms with Gasteiger partial charge in [-0.05, 0) is 60.8 Å². The number of alkyl halides is 3. The number of anilines is 1. The van der Waals surface area contributed by atoms with Crippen molar-refractivity contribution in [3.8, 4) is 5.75 Å². The number of benzene rings is 1. The quantitative estimate of drug-likeness (QED) is 0.651. The average Bonchev–Trinajstić information content (AvgIpc) is 3.64. The van der Waals surface area contributed by atoms with Crippen LogP contribution in [0.5, 0.6) is 5.75 Å². The molecule has 1 N–H and O–H groups in total. The molecule has 6 nitrogen and oxygen atoms in total. The summed E-state index contributed by atoms with van der Waals surface area (Å²) in [5.41, 5.74) is 1.78. The number of aryl methyl sites for hydroxylation is 1. The Morgan fingerprint density at radius 3 is 2.59 bits per heavy atom. The van der Waals surface area contributed by atoms with E-state index in [1.165, 1.54) is 6.07 Å². The number of aromatic nitrogens is 2. The first-order valence-corrected chi connectivity index (χ1v) is 11.9. The Kier molecular flexibility index (Phi) is 5.68. The summed E-state index contributed by atoms with van der Waals surface area (Å²) in [5.74, 6) is -0.876. The Hall–Kier alpha value is -2.84. The summed E-state index contributed by atoms with van der Waals surface area (Å²) in [5, 5.41) is 9.60. The van der Waals surface area contributed by atoms with E-state index in [1.54, 1.807) is 6.92 Å². The molecule has 1 saturated heterocycles. The minimum absolute atomic E-state index is 0.0216. The molecule has 1 aromatic carbocycles. The van der Waals surface area contributed by atoms with Gasteiger partial charge in [0, 0.05) is 32.1 Å². The number of carboxylic acid groups (broad SMARTS) is 1. The van der Waals surface area contributed by atoms with Crippen LogP contribution in [0.4, 0.5) is 19.0 Å². The maximum absolute atomic E-state index is 13.0. The monoisotopic (exact) mass is 475 g/mol. The van der Waals surface area contributed by atoms with Gasteiger partial charge in [0.05, 0.1) is 5.92 Å². The van der Waals surface area contributed by atoms with Gasteiger partial charge in [-0.25, -0.2) is 9.97 Å². The fraction of sp³-hybridized carbons (Fsp3) is 0.560. The molecule has 0 amide bonds. The third-order valence-corrected chi connectivity index (χ3v) is 7.60. The Labute approximate surface area is 196 Å². The number of nitrogens with zero attached hydrogens (tertiary/aromatic N) is 3. The molecule has 1 spiro atoms. The van der Waals surface area contributed by atoms with Gasteiger partial charge in [-0.3, -0.25) is 4.79 Å². The molecule has 3 aliphatic rings. The van der Waals surface area contributed by atoms with Crippen molar-refractivity contribution < 1.29 is 27.8 Å². The van der Waals surface area contributed by atoms with Crippen molar-refractivity contribution in [3.05, 3.63) is 47.4 Å². The van der Waals surface area contributed by atoms with Crippen LogP contribution in [-0.4, -0.2) is 39.7 Å². The minimum atomic E-state index is -4.57. The summed E-state index contributed by atoms with van der Waals surface area (Å²) < 4.78 is 45.6. The van der Waals surface area contributed by atoms with E-state index in [4.69, 9.17) is 4.74 Å². The maximum atomic E-state index is 13.0. The lowest BCUT2D eigenvalue weighted by Gasteiger charge is -2.45. The summed E-state index contributed by atoms with van der Waals surface area (Å²) in [6.45, 7) is 2.87. The summed E-state index contributed by atoms with van der Waals surface area (Å²) in [6, 6.07) is 7.66. The molecular formula is C25H28F3N3O3. The molecule has 1 aliphatic carbocycles. The Bertz CT molecular complexity index is 1080. The summed E-state index contributed by atoms with van der Waals surface area (Å²) in [4.78, 5) is 20.6. The van der Waals surface area contributed by atoms with Crippen LogP contribution in [0.3, 0.4) is 0 Å². The van der Waals surface area contributed by atoms with E-state index in [-0.39, 0.29) is 17.3 Å². The van der Waals surface area contributed by atoms with Crippen LogP contribution < -0.4 is 9.64 Å². The third-order valence-electron chi connectivity index (χ3n) is 7.60. The van der Waals surface area contributed by atoms with E-state index < -0.39 is 23.9 Å². The molecule has 1 aromatic heterocycles. The van der Waals surface area contributed by atoms with E-state index in [2.05, 4.69) is 22.1 Å². The number of carboxylic acids is 1. The lowest BCUT2D eigenvalue weighted by atomic mass is 9.80. The fourth-order valence-electron chi connectivity index (χ4n) is 5.46. The van der Waals surface area contributed by atoms with Crippen LogP contribution in [0.2, 0.25) is 0 Å². The highest BCUT2D eigenvalue weighted by Crippen LogP contribution is 2.49. The molecule has 9 heteroatoms. The van der Waals surface area contributed by atoms with Gasteiger partial charge in [0.1, 0.15) is 17.2 Å². The van der Waals surface area contributed by atoms with Gasteiger partial charge < -0.3 is 14.7 Å². The Balaban J connectivity index is 1.31. The van der Waals surface area contributed by atoms with Gasteiger partial charge >= 0.3 is 12.1 Å². The first kappa shape index (κ1) is 22.9. The lowest BCUT2D eigenvalue weighted by molar-refractivity contribution is -0.145. The van der Waals surface area contributed by atoms with Gasteiger partial charge in [0.25, 0.3) is 0 Å². The summed E-state index contributed by atoms with van der Waals surface area (Å²) in [6.07, 6.45) is 1.76. The van der Waals surface area contributed by atoms with Gasteiger partial charge in [0.15, 0.2) is 0 Å². The Morgan fingerprint density at radius 1 is 1.21 bits per heavy atom. The standard InChI is InChI=1S/C25H28F3N3O3/c1-15(22(32)33)21(17-3-4-17)18-5-2-16-6-8-24(34-19(16)14-18)9-12-31(13-10-24)20-7-11-29-23(30-20)25(26,27)28/h2,5,7,11,14-15,17,21H,3-4,6,8-10,12-13H2,1H3,(H,32,33)/t15-,21?/m0/s1. The number of aliphatic carboxylic acids is 1. The average molecular weight is 476 g/mol. The summed E-state index contributed by atoms with van der Waals surface area (Å²) in [7, 11) is 0. The zero-order chi connectivity index (χ0) is 24.1. The number of hydrogen-bond donors (Lipinski definition) is 1. The molecule has 34 heavy (non-hydrogen) atoms. The maximum Gasteiger partial charge on any atom is 0.451 e. The third kappa shape index (κ3) is 4.44. The predicted octanol–water partition coefficient (Wildman–Crippen LogP) is 5.07. The second-order valence-electron chi connectivity index (χ2n) is 9.87. The number of fused-ring (bicyclic) bond motifs is 1. The molecule has 2 fully saturated rings. The van der Waals surface area contributed by atoms with E-state index >= 15 is 0 Å². The van der Waals surface area contributed by atoms with Crippen molar-refractivity contribution in [1.82, 2.24) is 9.97 Å². The highest BCUT2D eigenvalue weighted by atomic mass is 19.4. The molecule has 3 heterocycles. The van der Waals surface area contributed by atoms with Crippen LogP contribution in [0.25, 0.3) is 0 Å². The highest BCUT2D eigenvalue weighted by molar-refractivity contribution is 5.71. The van der Waals surface area contributed by atoms with Crippen molar-refractivity contribution in [2.75, 3.05) is 18.0 Å². The molecule has 0 radical (unpaired) electrons. The number of hydrogen-bond acceptors (Lipinski definition) is 5. The molecule has 2 atom stereocenters. The van der Waals surface area contributed by atoms with Gasteiger partial charge in [-0.2, -0.15) is 13.2 Å². The molecule has 1 saturated carbocycles. The molecule has 5 rings (SSSR count). The van der Waals surface area contributed by atoms with Crippen molar-refractivity contribution in [2.24, 2.45) is 11.8 Å². The van der Waals surface area contributed by atoms with Crippen molar-refractivity contribution in [1.29, 1.82) is 0 Å². The molecule has 2 aromatic rings. The minimum Gasteiger partial charge on any atom is -0.487 e. The first-order valence-electron chi connectivity index (χ1n) is 11.9. The molecular weight excluding hydrogens is 447 g/mol. The van der Waals surface area contributed by atoms with E-state index in [0.717, 1.165) is 48.8 Å². The number of ether oxygens (including phenoxy) is 1. The summed E-state index contributed by atoms with van der Waals surface area (Å²) >= 11 is 0. The van der Waals surface area contributed by atoms with Crippen molar-refractivity contribution in [2.45, 2.75) is 63.1 Å². The highest BCUT2D eigenvalue weighted by Gasteiger charge is 2.42. The second kappa shape index (κ2) is 8.43. The van der Waals surface area contributed by atoms with Crippen LogP contribution in [0.1, 0.15) is 61.9 Å². The predicted molar refractivity (Wildman–Crippen MR) is 119 cm³/mol. The largest absolute Gasteiger partial charge is 0.487 e. The van der Waals surface area contributed by atoms with Crippen LogP contribution in [0.15, 0.2) is 30.5 Å². The zero-order valence-corrected chi connectivity index (χ0v) is 19.0. The SMILES string of the molecule is C[C@H](C(=O)O)C(c1ccc2c(c1)OC1(CC2)CCN(c2ccnc(C(F)(F)F)n2)CC1)C1CC1.